The second kappa shape index (κ2) is 8.87. The van der Waals surface area contributed by atoms with Gasteiger partial charge in [0.2, 0.25) is 5.69 Å². The summed E-state index contributed by atoms with van der Waals surface area (Å²) in [6.45, 7) is 4.03. The molecule has 29 heavy (non-hydrogen) atoms. The van der Waals surface area contributed by atoms with Gasteiger partial charge in [-0.05, 0) is 43.2 Å². The van der Waals surface area contributed by atoms with Crippen LogP contribution in [0.25, 0.3) is 5.69 Å². The number of hydrogen-bond acceptors (Lipinski definition) is 4. The van der Waals surface area contributed by atoms with Crippen molar-refractivity contribution < 1.29 is 4.79 Å². The van der Waals surface area contributed by atoms with Crippen LogP contribution in [0.1, 0.15) is 42.4 Å². The van der Waals surface area contributed by atoms with E-state index in [4.69, 9.17) is 11.6 Å². The standard InChI is InChI=1S/C21H21ClN4O3/c1-3-13-23-19(27)18-20(28)25(14(2)15-7-5-4-6-8-15)21(29)26(24-18)17-11-9-16(22)10-12-17/h4-12,14H,3,13H2,1-2H3,(H,23,27)/t14-/m1/s1. The van der Waals surface area contributed by atoms with Crippen LogP contribution in [-0.4, -0.2) is 26.8 Å². The third-order valence-electron chi connectivity index (χ3n) is 4.50. The van der Waals surface area contributed by atoms with Crippen LogP contribution >= 0.6 is 11.6 Å². The largest absolute Gasteiger partial charge is 0.352 e. The molecule has 8 heteroatoms. The van der Waals surface area contributed by atoms with Crippen LogP contribution in [0.5, 0.6) is 0 Å². The van der Waals surface area contributed by atoms with Gasteiger partial charge in [0.1, 0.15) is 0 Å². The Labute approximate surface area is 172 Å². The van der Waals surface area contributed by atoms with E-state index in [2.05, 4.69) is 10.4 Å². The number of benzene rings is 2. The van der Waals surface area contributed by atoms with Crippen LogP contribution in [0.3, 0.4) is 0 Å². The molecule has 150 valence electrons. The van der Waals surface area contributed by atoms with Gasteiger partial charge in [-0.25, -0.2) is 9.36 Å². The molecule has 1 aromatic heterocycles. The minimum absolute atomic E-state index is 0.337. The molecule has 1 heterocycles. The smallest absolute Gasteiger partial charge is 0.350 e. The lowest BCUT2D eigenvalue weighted by Crippen LogP contribution is -2.47. The molecule has 2 aromatic carbocycles. The molecule has 1 amide bonds. The molecule has 0 saturated heterocycles. The third-order valence-corrected chi connectivity index (χ3v) is 4.75. The van der Waals surface area contributed by atoms with Crippen molar-refractivity contribution in [1.29, 1.82) is 0 Å². The Bertz CT molecular complexity index is 1120. The fourth-order valence-corrected chi connectivity index (χ4v) is 3.05. The maximum atomic E-state index is 13.2. The highest BCUT2D eigenvalue weighted by Crippen LogP contribution is 2.15. The highest BCUT2D eigenvalue weighted by Gasteiger charge is 2.23. The number of hydrogen-bond donors (Lipinski definition) is 1. The molecule has 7 nitrogen and oxygen atoms in total. The first-order valence-electron chi connectivity index (χ1n) is 9.29. The average molecular weight is 413 g/mol. The second-order valence-corrected chi connectivity index (χ2v) is 6.97. The van der Waals surface area contributed by atoms with Crippen LogP contribution in [0, 0.1) is 0 Å². The van der Waals surface area contributed by atoms with E-state index in [0.29, 0.717) is 23.7 Å². The van der Waals surface area contributed by atoms with Crippen molar-refractivity contribution in [2.24, 2.45) is 0 Å². The molecule has 0 radical (unpaired) electrons. The molecule has 0 saturated carbocycles. The van der Waals surface area contributed by atoms with Crippen LogP contribution in [0.2, 0.25) is 5.02 Å². The quantitative estimate of drug-likeness (QED) is 0.674. The average Bonchev–Trinajstić information content (AvgIpc) is 2.73. The van der Waals surface area contributed by atoms with Gasteiger partial charge in [0.15, 0.2) is 0 Å². The van der Waals surface area contributed by atoms with Gasteiger partial charge in [-0.2, -0.15) is 9.78 Å². The molecule has 0 bridgehead atoms. The second-order valence-electron chi connectivity index (χ2n) is 6.54. The summed E-state index contributed by atoms with van der Waals surface area (Å²) in [6, 6.07) is 15.0. The number of amides is 1. The molecule has 0 aliphatic heterocycles. The first kappa shape index (κ1) is 20.5. The SMILES string of the molecule is CCCNC(=O)c1nn(-c2ccc(Cl)cc2)c(=O)n([C@H](C)c2ccccc2)c1=O. The molecule has 3 aromatic rings. The van der Waals surface area contributed by atoms with Crippen LogP contribution in [0.15, 0.2) is 64.2 Å². The summed E-state index contributed by atoms with van der Waals surface area (Å²) in [5.74, 6) is -0.617. The lowest BCUT2D eigenvalue weighted by atomic mass is 10.1. The number of carbonyl (C=O) groups is 1. The summed E-state index contributed by atoms with van der Waals surface area (Å²) in [4.78, 5) is 38.8. The molecule has 0 fully saturated rings. The Morgan fingerprint density at radius 2 is 1.76 bits per heavy atom. The number of rotatable bonds is 6. The van der Waals surface area contributed by atoms with Gasteiger partial charge < -0.3 is 5.32 Å². The Hall–Kier alpha value is -3.19. The Kier molecular flexibility index (Phi) is 6.29. The third kappa shape index (κ3) is 4.30. The van der Waals surface area contributed by atoms with Gasteiger partial charge in [0, 0.05) is 11.6 Å². The Balaban J connectivity index is 2.24. The molecule has 1 N–H and O–H groups in total. The summed E-state index contributed by atoms with van der Waals surface area (Å²) in [6.07, 6.45) is 0.706. The summed E-state index contributed by atoms with van der Waals surface area (Å²) in [7, 11) is 0. The predicted molar refractivity (Wildman–Crippen MR) is 112 cm³/mol. The maximum Gasteiger partial charge on any atom is 0.352 e. The van der Waals surface area contributed by atoms with E-state index in [0.717, 1.165) is 14.8 Å². The van der Waals surface area contributed by atoms with Crippen molar-refractivity contribution in [1.82, 2.24) is 19.7 Å². The maximum absolute atomic E-state index is 13.2. The van der Waals surface area contributed by atoms with Crippen LogP contribution in [-0.2, 0) is 0 Å². The summed E-state index contributed by atoms with van der Waals surface area (Å²) in [5.41, 5.74) is -0.542. The fourth-order valence-electron chi connectivity index (χ4n) is 2.93. The molecule has 1 atom stereocenters. The topological polar surface area (TPSA) is 86.0 Å². The van der Waals surface area contributed by atoms with Gasteiger partial charge in [-0.1, -0.05) is 48.9 Å². The van der Waals surface area contributed by atoms with E-state index in [1.165, 1.54) is 0 Å². The monoisotopic (exact) mass is 412 g/mol. The first-order chi connectivity index (χ1) is 13.9. The van der Waals surface area contributed by atoms with Gasteiger partial charge >= 0.3 is 5.69 Å². The van der Waals surface area contributed by atoms with Crippen LogP contribution < -0.4 is 16.6 Å². The molecule has 0 spiro atoms. The molecule has 0 aliphatic rings. The van der Waals surface area contributed by atoms with E-state index >= 15 is 0 Å². The predicted octanol–water partition coefficient (Wildman–Crippen LogP) is 2.80. The Morgan fingerprint density at radius 3 is 2.38 bits per heavy atom. The summed E-state index contributed by atoms with van der Waals surface area (Å²) in [5, 5.41) is 7.22. The van der Waals surface area contributed by atoms with Gasteiger partial charge in [-0.15, -0.1) is 0 Å². The minimum Gasteiger partial charge on any atom is -0.350 e. The van der Waals surface area contributed by atoms with E-state index in [9.17, 15) is 14.4 Å². The highest BCUT2D eigenvalue weighted by molar-refractivity contribution is 6.30. The number of nitrogens with one attached hydrogen (secondary N) is 1. The normalized spacial score (nSPS) is 11.8. The number of aromatic nitrogens is 3. The van der Waals surface area contributed by atoms with E-state index in [-0.39, 0.29) is 5.69 Å². The van der Waals surface area contributed by atoms with Crippen LogP contribution in [0.4, 0.5) is 0 Å². The minimum atomic E-state index is -0.731. The van der Waals surface area contributed by atoms with Gasteiger partial charge in [0.05, 0.1) is 11.7 Å². The molecule has 0 aliphatic carbocycles. The van der Waals surface area contributed by atoms with Crippen molar-refractivity contribution in [3.63, 3.8) is 0 Å². The first-order valence-corrected chi connectivity index (χ1v) is 9.66. The molecule has 0 unspecified atom stereocenters. The van der Waals surface area contributed by atoms with Crippen molar-refractivity contribution >= 4 is 17.5 Å². The van der Waals surface area contributed by atoms with Crippen molar-refractivity contribution in [3.05, 3.63) is 91.7 Å². The fraction of sp³-hybridized carbons (Fsp3) is 0.238. The lowest BCUT2D eigenvalue weighted by Gasteiger charge is -2.17. The van der Waals surface area contributed by atoms with Crippen molar-refractivity contribution in [2.75, 3.05) is 6.54 Å². The van der Waals surface area contributed by atoms with E-state index in [1.54, 1.807) is 31.2 Å². The van der Waals surface area contributed by atoms with E-state index < -0.39 is 23.2 Å². The number of halogens is 1. The summed E-state index contributed by atoms with van der Waals surface area (Å²) >= 11 is 5.94. The molecular formula is C21H21ClN4O3. The zero-order chi connectivity index (χ0) is 21.0. The van der Waals surface area contributed by atoms with Crippen molar-refractivity contribution in [2.45, 2.75) is 26.3 Å². The Morgan fingerprint density at radius 1 is 1.10 bits per heavy atom. The molecular weight excluding hydrogens is 392 g/mol. The zero-order valence-corrected chi connectivity index (χ0v) is 16.9. The summed E-state index contributed by atoms with van der Waals surface area (Å²) < 4.78 is 2.11. The lowest BCUT2D eigenvalue weighted by molar-refractivity contribution is 0.0943. The van der Waals surface area contributed by atoms with Gasteiger partial charge in [0.25, 0.3) is 11.5 Å². The van der Waals surface area contributed by atoms with E-state index in [1.807, 2.05) is 37.3 Å². The highest BCUT2D eigenvalue weighted by atomic mass is 35.5. The zero-order valence-electron chi connectivity index (χ0n) is 16.1. The van der Waals surface area contributed by atoms with Gasteiger partial charge in [-0.3, -0.25) is 9.59 Å². The van der Waals surface area contributed by atoms with Crippen molar-refractivity contribution in [3.8, 4) is 5.69 Å². The molecule has 3 rings (SSSR count). The number of nitrogens with zero attached hydrogens (tertiary/aromatic N) is 3. The number of carbonyl (C=O) groups excluding carboxylic acids is 1.